The molecule has 0 saturated carbocycles. The molecular formula is C16H19FN2O3S. The van der Waals surface area contributed by atoms with Gasteiger partial charge in [0.05, 0.1) is 19.1 Å². The van der Waals surface area contributed by atoms with Crippen LogP contribution in [0.15, 0.2) is 42.5 Å². The van der Waals surface area contributed by atoms with Crippen molar-refractivity contribution in [3.8, 4) is 5.75 Å². The van der Waals surface area contributed by atoms with Crippen molar-refractivity contribution in [1.82, 2.24) is 0 Å². The summed E-state index contributed by atoms with van der Waals surface area (Å²) in [6, 6.07) is 11.2. The van der Waals surface area contributed by atoms with Crippen molar-refractivity contribution in [2.45, 2.75) is 13.0 Å². The van der Waals surface area contributed by atoms with Crippen LogP contribution in [-0.2, 0) is 10.0 Å². The summed E-state index contributed by atoms with van der Waals surface area (Å²) in [5.41, 5.74) is 2.14. The Labute approximate surface area is 135 Å². The van der Waals surface area contributed by atoms with Crippen molar-refractivity contribution in [3.63, 3.8) is 0 Å². The maximum absolute atomic E-state index is 13.2. The molecule has 7 heteroatoms. The van der Waals surface area contributed by atoms with Gasteiger partial charge in [-0.1, -0.05) is 12.1 Å². The average Bonchev–Trinajstić information content (AvgIpc) is 2.48. The lowest BCUT2D eigenvalue weighted by atomic mass is 10.1. The van der Waals surface area contributed by atoms with Crippen LogP contribution in [0.1, 0.15) is 18.5 Å². The number of anilines is 2. The van der Waals surface area contributed by atoms with E-state index < -0.39 is 10.0 Å². The van der Waals surface area contributed by atoms with Crippen molar-refractivity contribution in [1.29, 1.82) is 0 Å². The number of nitrogens with one attached hydrogen (secondary N) is 2. The van der Waals surface area contributed by atoms with Crippen molar-refractivity contribution in [2.24, 2.45) is 0 Å². The highest BCUT2D eigenvalue weighted by Crippen LogP contribution is 2.29. The van der Waals surface area contributed by atoms with Crippen LogP contribution in [0, 0.1) is 5.82 Å². The molecule has 23 heavy (non-hydrogen) atoms. The van der Waals surface area contributed by atoms with Gasteiger partial charge in [0, 0.05) is 17.8 Å². The van der Waals surface area contributed by atoms with Gasteiger partial charge in [-0.25, -0.2) is 12.8 Å². The van der Waals surface area contributed by atoms with Gasteiger partial charge in [-0.15, -0.1) is 0 Å². The van der Waals surface area contributed by atoms with Crippen LogP contribution < -0.4 is 14.8 Å². The number of hydrogen-bond donors (Lipinski definition) is 2. The molecule has 124 valence electrons. The second-order valence-corrected chi connectivity index (χ2v) is 6.96. The van der Waals surface area contributed by atoms with Crippen LogP contribution in [0.25, 0.3) is 0 Å². The highest BCUT2D eigenvalue weighted by Gasteiger charge is 2.10. The average molecular weight is 338 g/mol. The Balaban J connectivity index is 2.13. The van der Waals surface area contributed by atoms with Crippen molar-refractivity contribution < 1.29 is 17.5 Å². The van der Waals surface area contributed by atoms with Crippen LogP contribution in [0.5, 0.6) is 5.75 Å². The first-order valence-corrected chi connectivity index (χ1v) is 8.85. The lowest BCUT2D eigenvalue weighted by molar-refractivity contribution is 0.412. The SMILES string of the molecule is COc1cc(F)ccc1N[C@@H](C)c1ccc(NS(C)(=O)=O)cc1. The number of ether oxygens (including phenoxy) is 1. The van der Waals surface area contributed by atoms with Gasteiger partial charge in [-0.2, -0.15) is 0 Å². The van der Waals surface area contributed by atoms with E-state index in [0.717, 1.165) is 11.8 Å². The molecule has 0 aromatic heterocycles. The second kappa shape index (κ2) is 6.87. The first kappa shape index (κ1) is 17.1. The molecule has 2 N–H and O–H groups in total. The lowest BCUT2D eigenvalue weighted by Crippen LogP contribution is -2.10. The standard InChI is InChI=1S/C16H19FN2O3S/c1-11(18-15-9-6-13(17)10-16(15)22-2)12-4-7-14(8-5-12)19-23(3,20)21/h4-11,18-19H,1-3H3/t11-/m0/s1. The molecule has 2 rings (SSSR count). The molecule has 0 heterocycles. The smallest absolute Gasteiger partial charge is 0.229 e. The first-order valence-electron chi connectivity index (χ1n) is 6.96. The zero-order chi connectivity index (χ0) is 17.0. The quantitative estimate of drug-likeness (QED) is 0.847. The predicted octanol–water partition coefficient (Wildman–Crippen LogP) is 3.38. The highest BCUT2D eigenvalue weighted by atomic mass is 32.2. The molecular weight excluding hydrogens is 319 g/mol. The Morgan fingerprint density at radius 3 is 2.35 bits per heavy atom. The maximum Gasteiger partial charge on any atom is 0.229 e. The molecule has 2 aromatic carbocycles. The minimum atomic E-state index is -3.29. The number of methoxy groups -OCH3 is 1. The Hall–Kier alpha value is -2.28. The molecule has 0 aliphatic carbocycles. The fourth-order valence-corrected chi connectivity index (χ4v) is 2.72. The molecule has 0 aliphatic heterocycles. The van der Waals surface area contributed by atoms with Gasteiger partial charge in [0.15, 0.2) is 0 Å². The Bertz CT molecular complexity index is 776. The minimum absolute atomic E-state index is 0.0679. The largest absolute Gasteiger partial charge is 0.494 e. The zero-order valence-electron chi connectivity index (χ0n) is 13.1. The summed E-state index contributed by atoms with van der Waals surface area (Å²) < 4.78 is 43.2. The van der Waals surface area contributed by atoms with E-state index in [0.29, 0.717) is 17.1 Å². The Morgan fingerprint density at radius 2 is 1.78 bits per heavy atom. The molecule has 0 bridgehead atoms. The van der Waals surface area contributed by atoms with Crippen molar-refractivity contribution >= 4 is 21.4 Å². The van der Waals surface area contributed by atoms with Crippen LogP contribution in [0.4, 0.5) is 15.8 Å². The van der Waals surface area contributed by atoms with Gasteiger partial charge in [0.25, 0.3) is 0 Å². The molecule has 0 aliphatic rings. The van der Waals surface area contributed by atoms with E-state index in [9.17, 15) is 12.8 Å². The molecule has 0 spiro atoms. The number of rotatable bonds is 6. The van der Waals surface area contributed by atoms with Crippen LogP contribution in [0.2, 0.25) is 0 Å². The van der Waals surface area contributed by atoms with Crippen molar-refractivity contribution in [3.05, 3.63) is 53.8 Å². The number of sulfonamides is 1. The van der Waals surface area contributed by atoms with E-state index in [2.05, 4.69) is 10.0 Å². The van der Waals surface area contributed by atoms with Gasteiger partial charge in [0.2, 0.25) is 10.0 Å². The molecule has 0 saturated heterocycles. The molecule has 0 radical (unpaired) electrons. The van der Waals surface area contributed by atoms with Crippen LogP contribution in [-0.4, -0.2) is 21.8 Å². The summed E-state index contributed by atoms with van der Waals surface area (Å²) in [6.07, 6.45) is 1.10. The molecule has 2 aromatic rings. The molecule has 0 fully saturated rings. The summed E-state index contributed by atoms with van der Waals surface area (Å²) in [4.78, 5) is 0. The van der Waals surface area contributed by atoms with Gasteiger partial charge in [-0.05, 0) is 36.8 Å². The monoisotopic (exact) mass is 338 g/mol. The number of hydrogen-bond acceptors (Lipinski definition) is 4. The fourth-order valence-electron chi connectivity index (χ4n) is 2.15. The molecule has 0 unspecified atom stereocenters. The summed E-state index contributed by atoms with van der Waals surface area (Å²) in [7, 11) is -1.81. The number of halogens is 1. The minimum Gasteiger partial charge on any atom is -0.494 e. The topological polar surface area (TPSA) is 67.4 Å². The lowest BCUT2D eigenvalue weighted by Gasteiger charge is -2.18. The third kappa shape index (κ3) is 4.85. The summed E-state index contributed by atoms with van der Waals surface area (Å²) in [5, 5.41) is 3.24. The molecule has 5 nitrogen and oxygen atoms in total. The van der Waals surface area contributed by atoms with E-state index in [-0.39, 0.29) is 11.9 Å². The summed E-state index contributed by atoms with van der Waals surface area (Å²) in [5.74, 6) is 0.0588. The third-order valence-electron chi connectivity index (χ3n) is 3.25. The summed E-state index contributed by atoms with van der Waals surface area (Å²) in [6.45, 7) is 1.95. The van der Waals surface area contributed by atoms with Gasteiger partial charge >= 0.3 is 0 Å². The van der Waals surface area contributed by atoms with E-state index >= 15 is 0 Å². The van der Waals surface area contributed by atoms with E-state index in [1.807, 2.05) is 19.1 Å². The molecule has 0 amide bonds. The predicted molar refractivity (Wildman–Crippen MR) is 89.9 cm³/mol. The summed E-state index contributed by atoms with van der Waals surface area (Å²) >= 11 is 0. The van der Waals surface area contributed by atoms with Crippen molar-refractivity contribution in [2.75, 3.05) is 23.4 Å². The van der Waals surface area contributed by atoms with Gasteiger partial charge < -0.3 is 10.1 Å². The molecule has 1 atom stereocenters. The second-order valence-electron chi connectivity index (χ2n) is 5.21. The first-order chi connectivity index (χ1) is 10.8. The van der Waals surface area contributed by atoms with E-state index in [1.54, 1.807) is 18.2 Å². The van der Waals surface area contributed by atoms with Gasteiger partial charge in [-0.3, -0.25) is 4.72 Å². The fraction of sp³-hybridized carbons (Fsp3) is 0.250. The van der Waals surface area contributed by atoms with E-state index in [4.69, 9.17) is 4.74 Å². The van der Waals surface area contributed by atoms with Crippen LogP contribution >= 0.6 is 0 Å². The maximum atomic E-state index is 13.2. The zero-order valence-corrected chi connectivity index (χ0v) is 13.9. The van der Waals surface area contributed by atoms with Gasteiger partial charge in [0.1, 0.15) is 11.6 Å². The Kier molecular flexibility index (Phi) is 5.10. The normalized spacial score (nSPS) is 12.5. The van der Waals surface area contributed by atoms with E-state index in [1.165, 1.54) is 19.2 Å². The Morgan fingerprint density at radius 1 is 1.13 bits per heavy atom. The van der Waals surface area contributed by atoms with Crippen LogP contribution in [0.3, 0.4) is 0 Å². The highest BCUT2D eigenvalue weighted by molar-refractivity contribution is 7.92. The third-order valence-corrected chi connectivity index (χ3v) is 3.86. The number of benzene rings is 2.